The maximum absolute atomic E-state index is 8.85. The second kappa shape index (κ2) is 6.02. The third-order valence-corrected chi connectivity index (χ3v) is 3.19. The van der Waals surface area contributed by atoms with Gasteiger partial charge in [0.15, 0.2) is 0 Å². The third-order valence-electron chi connectivity index (χ3n) is 3.19. The number of aryl methyl sites for hydroxylation is 3. The molecule has 0 aliphatic carbocycles. The van der Waals surface area contributed by atoms with Gasteiger partial charge in [-0.3, -0.25) is 0 Å². The number of nitrogens with zero attached hydrogens (tertiary/aromatic N) is 1. The fourth-order valence-corrected chi connectivity index (χ4v) is 2.03. The summed E-state index contributed by atoms with van der Waals surface area (Å²) in [4.78, 5) is 0. The van der Waals surface area contributed by atoms with Crippen LogP contribution in [0.5, 0.6) is 0 Å². The molecule has 2 rings (SSSR count). The minimum absolute atomic E-state index is 0.744. The lowest BCUT2D eigenvalue weighted by molar-refractivity contribution is 0.956. The molecular formula is C17H17N. The third kappa shape index (κ3) is 3.21. The van der Waals surface area contributed by atoms with Crippen LogP contribution in [-0.4, -0.2) is 0 Å². The monoisotopic (exact) mass is 235 g/mol. The van der Waals surface area contributed by atoms with E-state index in [1.807, 2.05) is 18.2 Å². The Hall–Kier alpha value is -2.07. The Labute approximate surface area is 109 Å². The van der Waals surface area contributed by atoms with Gasteiger partial charge < -0.3 is 0 Å². The summed E-state index contributed by atoms with van der Waals surface area (Å²) < 4.78 is 0. The first-order valence-corrected chi connectivity index (χ1v) is 6.38. The van der Waals surface area contributed by atoms with Crippen molar-refractivity contribution in [1.29, 1.82) is 5.26 Å². The van der Waals surface area contributed by atoms with Gasteiger partial charge in [0, 0.05) is 0 Å². The molecule has 0 heterocycles. The van der Waals surface area contributed by atoms with Gasteiger partial charge in [-0.1, -0.05) is 43.3 Å². The largest absolute Gasteiger partial charge is 0.192 e. The van der Waals surface area contributed by atoms with Crippen LogP contribution in [0.4, 0.5) is 0 Å². The van der Waals surface area contributed by atoms with Crippen LogP contribution in [0.15, 0.2) is 48.5 Å². The Morgan fingerprint density at radius 1 is 0.889 bits per heavy atom. The fourth-order valence-electron chi connectivity index (χ4n) is 2.03. The lowest BCUT2D eigenvalue weighted by Crippen LogP contribution is -1.92. The molecule has 0 aromatic heterocycles. The molecule has 0 radical (unpaired) electrons. The van der Waals surface area contributed by atoms with Crippen molar-refractivity contribution in [3.8, 4) is 6.07 Å². The van der Waals surface area contributed by atoms with E-state index in [1.165, 1.54) is 16.7 Å². The van der Waals surface area contributed by atoms with E-state index in [4.69, 9.17) is 5.26 Å². The maximum atomic E-state index is 8.85. The van der Waals surface area contributed by atoms with Crippen LogP contribution in [0, 0.1) is 11.3 Å². The molecule has 0 unspecified atom stereocenters. The zero-order chi connectivity index (χ0) is 12.8. The number of benzene rings is 2. The van der Waals surface area contributed by atoms with E-state index in [0.29, 0.717) is 0 Å². The van der Waals surface area contributed by atoms with Crippen LogP contribution in [0.3, 0.4) is 0 Å². The highest BCUT2D eigenvalue weighted by atomic mass is 14.2. The fraction of sp³-hybridized carbons (Fsp3) is 0.235. The molecule has 0 atom stereocenters. The molecule has 0 fully saturated rings. The zero-order valence-electron chi connectivity index (χ0n) is 10.7. The first-order chi connectivity index (χ1) is 8.81. The Morgan fingerprint density at radius 3 is 2.22 bits per heavy atom. The number of rotatable bonds is 4. The summed E-state index contributed by atoms with van der Waals surface area (Å²) in [7, 11) is 0. The summed E-state index contributed by atoms with van der Waals surface area (Å²) >= 11 is 0. The van der Waals surface area contributed by atoms with Crippen molar-refractivity contribution < 1.29 is 0 Å². The van der Waals surface area contributed by atoms with Gasteiger partial charge in [-0.2, -0.15) is 5.26 Å². The summed E-state index contributed by atoms with van der Waals surface area (Å²) in [5, 5.41) is 8.85. The van der Waals surface area contributed by atoms with Gasteiger partial charge in [0.2, 0.25) is 0 Å². The van der Waals surface area contributed by atoms with Crippen LogP contribution >= 0.6 is 0 Å². The van der Waals surface area contributed by atoms with Crippen molar-refractivity contribution in [2.24, 2.45) is 0 Å². The summed E-state index contributed by atoms with van der Waals surface area (Å²) in [6, 6.07) is 18.8. The molecule has 0 N–H and O–H groups in total. The highest BCUT2D eigenvalue weighted by molar-refractivity contribution is 5.33. The summed E-state index contributed by atoms with van der Waals surface area (Å²) in [5.74, 6) is 0. The average Bonchev–Trinajstić information content (AvgIpc) is 2.46. The van der Waals surface area contributed by atoms with Gasteiger partial charge in [-0.25, -0.2) is 0 Å². The number of nitriles is 1. The smallest absolute Gasteiger partial charge is 0.0991 e. The van der Waals surface area contributed by atoms with Gasteiger partial charge in [0.1, 0.15) is 0 Å². The lowest BCUT2D eigenvalue weighted by Gasteiger charge is -2.04. The Kier molecular flexibility index (Phi) is 4.15. The Balaban J connectivity index is 2.00. The zero-order valence-corrected chi connectivity index (χ0v) is 10.7. The molecule has 0 amide bonds. The van der Waals surface area contributed by atoms with Gasteiger partial charge in [-0.05, 0) is 48.1 Å². The standard InChI is InChI=1S/C17H17N/c1-2-14-6-8-15(9-7-14)10-11-16-4-3-5-17(12-16)13-18/h3-9,12H,2,10-11H2,1H3. The molecule has 0 aliphatic heterocycles. The normalized spacial score (nSPS) is 10.0. The molecule has 18 heavy (non-hydrogen) atoms. The van der Waals surface area contributed by atoms with E-state index in [-0.39, 0.29) is 0 Å². The van der Waals surface area contributed by atoms with Crippen molar-refractivity contribution in [1.82, 2.24) is 0 Å². The summed E-state index contributed by atoms with van der Waals surface area (Å²) in [5.41, 5.74) is 4.71. The topological polar surface area (TPSA) is 23.8 Å². The van der Waals surface area contributed by atoms with Crippen molar-refractivity contribution >= 4 is 0 Å². The van der Waals surface area contributed by atoms with Crippen molar-refractivity contribution in [3.05, 3.63) is 70.8 Å². The highest BCUT2D eigenvalue weighted by Gasteiger charge is 1.98. The van der Waals surface area contributed by atoms with E-state index >= 15 is 0 Å². The van der Waals surface area contributed by atoms with Gasteiger partial charge >= 0.3 is 0 Å². The second-order valence-electron chi connectivity index (χ2n) is 4.48. The molecule has 0 bridgehead atoms. The maximum Gasteiger partial charge on any atom is 0.0991 e. The van der Waals surface area contributed by atoms with Crippen molar-refractivity contribution in [2.45, 2.75) is 26.2 Å². The molecule has 90 valence electrons. The molecule has 0 spiro atoms. The number of hydrogen-bond donors (Lipinski definition) is 0. The predicted octanol–water partition coefficient (Wildman–Crippen LogP) is 3.91. The van der Waals surface area contributed by atoms with Crippen LogP contribution in [-0.2, 0) is 19.3 Å². The summed E-state index contributed by atoms with van der Waals surface area (Å²) in [6.45, 7) is 2.17. The first kappa shape index (κ1) is 12.4. The molecular weight excluding hydrogens is 218 g/mol. The molecule has 0 saturated heterocycles. The van der Waals surface area contributed by atoms with Crippen LogP contribution in [0.25, 0.3) is 0 Å². The lowest BCUT2D eigenvalue weighted by atomic mass is 10.0. The molecule has 2 aromatic carbocycles. The quantitative estimate of drug-likeness (QED) is 0.788. The van der Waals surface area contributed by atoms with E-state index in [1.54, 1.807) is 0 Å². The van der Waals surface area contributed by atoms with Gasteiger partial charge in [-0.15, -0.1) is 0 Å². The Morgan fingerprint density at radius 2 is 1.56 bits per heavy atom. The minimum Gasteiger partial charge on any atom is -0.192 e. The highest BCUT2D eigenvalue weighted by Crippen LogP contribution is 2.11. The molecule has 0 saturated carbocycles. The Bertz CT molecular complexity index is 547. The van der Waals surface area contributed by atoms with Gasteiger partial charge in [0.05, 0.1) is 11.6 Å². The number of hydrogen-bond acceptors (Lipinski definition) is 1. The van der Waals surface area contributed by atoms with E-state index < -0.39 is 0 Å². The SMILES string of the molecule is CCc1ccc(CCc2cccc(C#N)c2)cc1. The first-order valence-electron chi connectivity index (χ1n) is 6.38. The second-order valence-corrected chi connectivity index (χ2v) is 4.48. The molecule has 2 aromatic rings. The average molecular weight is 235 g/mol. The van der Waals surface area contributed by atoms with E-state index in [0.717, 1.165) is 24.8 Å². The van der Waals surface area contributed by atoms with Crippen molar-refractivity contribution in [2.75, 3.05) is 0 Å². The van der Waals surface area contributed by atoms with Gasteiger partial charge in [0.25, 0.3) is 0 Å². The van der Waals surface area contributed by atoms with Crippen molar-refractivity contribution in [3.63, 3.8) is 0 Å². The van der Waals surface area contributed by atoms with Crippen LogP contribution in [0.1, 0.15) is 29.2 Å². The van der Waals surface area contributed by atoms with Crippen LogP contribution < -0.4 is 0 Å². The predicted molar refractivity (Wildman–Crippen MR) is 74.4 cm³/mol. The molecule has 1 heteroatoms. The van der Waals surface area contributed by atoms with E-state index in [9.17, 15) is 0 Å². The summed E-state index contributed by atoms with van der Waals surface area (Å²) in [6.07, 6.45) is 3.10. The van der Waals surface area contributed by atoms with Crippen LogP contribution in [0.2, 0.25) is 0 Å². The molecule has 0 aliphatic rings. The minimum atomic E-state index is 0.744. The van der Waals surface area contributed by atoms with E-state index in [2.05, 4.69) is 43.3 Å². The molecule has 1 nitrogen and oxygen atoms in total.